The van der Waals surface area contributed by atoms with Crippen LogP contribution in [-0.2, 0) is 11.2 Å². The van der Waals surface area contributed by atoms with Crippen molar-refractivity contribution in [3.05, 3.63) is 86.7 Å². The van der Waals surface area contributed by atoms with E-state index in [0.717, 1.165) is 5.56 Å². The molecule has 0 radical (unpaired) electrons. The van der Waals surface area contributed by atoms with Gasteiger partial charge in [-0.15, -0.1) is 0 Å². The van der Waals surface area contributed by atoms with Gasteiger partial charge in [-0.05, 0) is 54.4 Å². The molecule has 1 aromatic heterocycles. The molecular weight excluding hydrogens is 464 g/mol. The van der Waals surface area contributed by atoms with Gasteiger partial charge in [0.2, 0.25) is 0 Å². The lowest BCUT2D eigenvalue weighted by Crippen LogP contribution is -2.30. The Kier molecular flexibility index (Phi) is 6.29. The molecule has 1 amide bonds. The number of carbonyl (C=O) groups is 1. The maximum Gasteiger partial charge on any atom is 0.266 e. The van der Waals surface area contributed by atoms with E-state index in [1.54, 1.807) is 53.4 Å². The molecule has 0 atom stereocenters. The summed E-state index contributed by atoms with van der Waals surface area (Å²) in [4.78, 5) is 14.8. The minimum absolute atomic E-state index is 0.175. The Morgan fingerprint density at radius 3 is 2.63 bits per heavy atom. The third-order valence-electron chi connectivity index (χ3n) is 4.50. The molecule has 0 N–H and O–H groups in total. The SMILES string of the molecule is O=C1/C(=C/c2ccc(-c3cc(Cl)ccc3Cl)o2)SC(=S)N1CCc1ccc(F)cc1. The van der Waals surface area contributed by atoms with E-state index in [0.29, 0.717) is 49.3 Å². The van der Waals surface area contributed by atoms with Crippen molar-refractivity contribution in [2.75, 3.05) is 6.54 Å². The molecular formula is C22H14Cl2FNO2S2. The van der Waals surface area contributed by atoms with Crippen LogP contribution in [0.1, 0.15) is 11.3 Å². The molecule has 1 aliphatic rings. The van der Waals surface area contributed by atoms with Crippen LogP contribution in [0.2, 0.25) is 10.0 Å². The van der Waals surface area contributed by atoms with Gasteiger partial charge in [0, 0.05) is 23.2 Å². The number of benzene rings is 2. The standard InChI is InChI=1S/C22H14Cl2FNO2S2/c23-14-3-7-18(24)17(11-14)19-8-6-16(28-19)12-20-21(27)26(22(29)30-20)10-9-13-1-4-15(25)5-2-13/h1-8,11-12H,9-10H2/b20-12-. The van der Waals surface area contributed by atoms with Crippen LogP contribution in [0.4, 0.5) is 4.39 Å². The summed E-state index contributed by atoms with van der Waals surface area (Å²) in [5.74, 6) is 0.607. The molecule has 3 aromatic rings. The minimum Gasteiger partial charge on any atom is -0.457 e. The van der Waals surface area contributed by atoms with Crippen LogP contribution in [0.3, 0.4) is 0 Å². The average molecular weight is 478 g/mol. The minimum atomic E-state index is -0.288. The second kappa shape index (κ2) is 8.94. The van der Waals surface area contributed by atoms with E-state index in [1.807, 2.05) is 0 Å². The first-order valence-electron chi connectivity index (χ1n) is 8.96. The van der Waals surface area contributed by atoms with Gasteiger partial charge in [-0.1, -0.05) is 59.3 Å². The van der Waals surface area contributed by atoms with Crippen molar-refractivity contribution in [1.29, 1.82) is 0 Å². The summed E-state index contributed by atoms with van der Waals surface area (Å²) in [7, 11) is 0. The van der Waals surface area contributed by atoms with E-state index in [2.05, 4.69) is 0 Å². The van der Waals surface area contributed by atoms with Gasteiger partial charge in [0.05, 0.1) is 9.93 Å². The number of carbonyl (C=O) groups excluding carboxylic acids is 1. The fourth-order valence-corrected chi connectivity index (χ4v) is 4.65. The zero-order valence-corrected chi connectivity index (χ0v) is 18.5. The molecule has 152 valence electrons. The lowest BCUT2D eigenvalue weighted by atomic mass is 10.1. The van der Waals surface area contributed by atoms with Crippen molar-refractivity contribution in [3.8, 4) is 11.3 Å². The molecule has 1 aliphatic heterocycles. The van der Waals surface area contributed by atoms with Crippen LogP contribution in [0.5, 0.6) is 0 Å². The number of hydrogen-bond acceptors (Lipinski definition) is 4. The molecule has 4 rings (SSSR count). The normalized spacial score (nSPS) is 15.4. The number of halogens is 3. The summed E-state index contributed by atoms with van der Waals surface area (Å²) < 4.78 is 19.4. The summed E-state index contributed by atoms with van der Waals surface area (Å²) in [6.07, 6.45) is 2.25. The maximum absolute atomic E-state index is 13.0. The molecule has 2 heterocycles. The van der Waals surface area contributed by atoms with E-state index < -0.39 is 0 Å². The predicted molar refractivity (Wildman–Crippen MR) is 124 cm³/mol. The summed E-state index contributed by atoms with van der Waals surface area (Å²) in [5.41, 5.74) is 1.61. The van der Waals surface area contributed by atoms with Crippen molar-refractivity contribution in [1.82, 2.24) is 4.90 Å². The molecule has 2 aromatic carbocycles. The van der Waals surface area contributed by atoms with Gasteiger partial charge in [0.25, 0.3) is 5.91 Å². The fraction of sp³-hybridized carbons (Fsp3) is 0.0909. The smallest absolute Gasteiger partial charge is 0.266 e. The van der Waals surface area contributed by atoms with Crippen LogP contribution in [0.15, 0.2) is 63.9 Å². The lowest BCUT2D eigenvalue weighted by Gasteiger charge is -2.14. The topological polar surface area (TPSA) is 33.5 Å². The molecule has 30 heavy (non-hydrogen) atoms. The second-order valence-corrected chi connectivity index (χ2v) is 9.06. The quantitative estimate of drug-likeness (QED) is 0.297. The molecule has 3 nitrogen and oxygen atoms in total. The van der Waals surface area contributed by atoms with E-state index in [-0.39, 0.29) is 11.7 Å². The van der Waals surface area contributed by atoms with Crippen molar-refractivity contribution in [2.45, 2.75) is 6.42 Å². The van der Waals surface area contributed by atoms with Gasteiger partial charge in [0.1, 0.15) is 21.7 Å². The highest BCUT2D eigenvalue weighted by molar-refractivity contribution is 8.26. The van der Waals surface area contributed by atoms with Crippen LogP contribution in [0.25, 0.3) is 17.4 Å². The van der Waals surface area contributed by atoms with Gasteiger partial charge in [-0.3, -0.25) is 9.69 Å². The first-order valence-corrected chi connectivity index (χ1v) is 10.9. The van der Waals surface area contributed by atoms with E-state index in [9.17, 15) is 9.18 Å². The first-order chi connectivity index (χ1) is 14.4. The number of nitrogens with zero attached hydrogens (tertiary/aromatic N) is 1. The number of amides is 1. The summed E-state index contributed by atoms with van der Waals surface area (Å²) in [6, 6.07) is 14.9. The highest BCUT2D eigenvalue weighted by atomic mass is 35.5. The van der Waals surface area contributed by atoms with Gasteiger partial charge in [0.15, 0.2) is 0 Å². The van der Waals surface area contributed by atoms with Crippen molar-refractivity contribution in [2.24, 2.45) is 0 Å². The lowest BCUT2D eigenvalue weighted by molar-refractivity contribution is -0.122. The molecule has 0 aliphatic carbocycles. The molecule has 0 spiro atoms. The van der Waals surface area contributed by atoms with Gasteiger partial charge in [-0.2, -0.15) is 0 Å². The maximum atomic E-state index is 13.0. The Morgan fingerprint density at radius 1 is 1.10 bits per heavy atom. The number of furan rings is 1. The molecule has 1 saturated heterocycles. The number of thioether (sulfide) groups is 1. The third kappa shape index (κ3) is 4.62. The highest BCUT2D eigenvalue weighted by Gasteiger charge is 2.32. The fourth-order valence-electron chi connectivity index (χ4n) is 2.98. The largest absolute Gasteiger partial charge is 0.457 e. The van der Waals surface area contributed by atoms with E-state index >= 15 is 0 Å². The second-order valence-electron chi connectivity index (χ2n) is 6.54. The van der Waals surface area contributed by atoms with E-state index in [1.165, 1.54) is 23.9 Å². The van der Waals surface area contributed by atoms with Gasteiger partial charge >= 0.3 is 0 Å². The average Bonchev–Trinajstić information content (AvgIpc) is 3.28. The monoisotopic (exact) mass is 477 g/mol. The molecule has 0 unspecified atom stereocenters. The van der Waals surface area contributed by atoms with Crippen molar-refractivity contribution >= 4 is 63.5 Å². The Bertz CT molecular complexity index is 1160. The van der Waals surface area contributed by atoms with Crippen LogP contribution >= 0.6 is 47.2 Å². The van der Waals surface area contributed by atoms with Crippen molar-refractivity contribution in [3.63, 3.8) is 0 Å². The molecule has 8 heteroatoms. The number of thiocarbonyl (C=S) groups is 1. The van der Waals surface area contributed by atoms with Gasteiger partial charge in [-0.25, -0.2) is 4.39 Å². The van der Waals surface area contributed by atoms with Crippen LogP contribution in [-0.4, -0.2) is 21.7 Å². The zero-order chi connectivity index (χ0) is 21.3. The zero-order valence-electron chi connectivity index (χ0n) is 15.4. The molecule has 0 bridgehead atoms. The summed E-state index contributed by atoms with van der Waals surface area (Å²) in [6.45, 7) is 0.426. The molecule has 1 fully saturated rings. The Balaban J connectivity index is 1.49. The molecule has 0 saturated carbocycles. The van der Waals surface area contributed by atoms with Crippen LogP contribution in [0, 0.1) is 5.82 Å². The van der Waals surface area contributed by atoms with Crippen LogP contribution < -0.4 is 0 Å². The Labute approximate surface area is 192 Å². The van der Waals surface area contributed by atoms with E-state index in [4.69, 9.17) is 39.8 Å². The number of rotatable bonds is 5. The summed E-state index contributed by atoms with van der Waals surface area (Å²) in [5, 5.41) is 1.07. The first kappa shape index (κ1) is 21.1. The van der Waals surface area contributed by atoms with Crippen molar-refractivity contribution < 1.29 is 13.6 Å². The number of hydrogen-bond donors (Lipinski definition) is 0. The Morgan fingerprint density at radius 2 is 1.87 bits per heavy atom. The predicted octanol–water partition coefficient (Wildman–Crippen LogP) is 6.84. The summed E-state index contributed by atoms with van der Waals surface area (Å²) >= 11 is 18.9. The van der Waals surface area contributed by atoms with Gasteiger partial charge < -0.3 is 4.42 Å². The highest BCUT2D eigenvalue weighted by Crippen LogP contribution is 2.35. The third-order valence-corrected chi connectivity index (χ3v) is 6.45. The Hall–Kier alpha value is -2.12.